The molecule has 2 N–H and O–H groups in total. The van der Waals surface area contributed by atoms with Crippen molar-refractivity contribution in [1.29, 1.82) is 0 Å². The second-order valence-corrected chi connectivity index (χ2v) is 24.6. The highest BCUT2D eigenvalue weighted by Crippen LogP contribution is 2.49. The number of hydrogen-bond acceptors (Lipinski definition) is 19. The standard InChI is InChI=1S/C71H61N15O4S3/c1-84-35-32-74-67(84)64-80-66(58-56(48-19-9-4-10-20-48)60(93-71(58)82-64)50-23-13-6-14-24-50)85(2)37-40-89-41-38-86-36-33-75-68(86)65-79-63(57-55(47-17-7-3-8-18-47)59(92-70(57)83-65)49-21-11-5-12-22-49)73-34-39-88-42-43-90-54-29-27-46(45-76-54)26-28-53(87)77-61-51-30-44-91-69(51)81-62(78-61)52-25-15-16-31-72-52/h3-25,27,29-33,35-36,44-45H,26,28,34,37-43H2,1-2H3,(H,73,79,83)(H,77,78,81,87). The van der Waals surface area contributed by atoms with Crippen LogP contribution in [0.1, 0.15) is 12.0 Å². The molecule has 10 aromatic heterocycles. The van der Waals surface area contributed by atoms with E-state index in [2.05, 4.69) is 145 Å². The fraction of sp³-hybridized carbons (Fsp3) is 0.169. The van der Waals surface area contributed by atoms with Crippen molar-refractivity contribution < 1.29 is 19.0 Å². The van der Waals surface area contributed by atoms with Crippen LogP contribution in [0.5, 0.6) is 5.88 Å². The summed E-state index contributed by atoms with van der Waals surface area (Å²) < 4.78 is 22.6. The van der Waals surface area contributed by atoms with Gasteiger partial charge >= 0.3 is 0 Å². The predicted octanol–water partition coefficient (Wildman–Crippen LogP) is 14.3. The van der Waals surface area contributed by atoms with Gasteiger partial charge in [0.05, 0.1) is 42.6 Å². The average molecular weight is 1280 g/mol. The molecule has 0 aliphatic heterocycles. The molecule has 0 unspecified atom stereocenters. The van der Waals surface area contributed by atoms with E-state index in [4.69, 9.17) is 39.1 Å². The molecule has 14 aromatic rings. The highest BCUT2D eigenvalue weighted by Gasteiger charge is 2.27. The molecule has 22 heteroatoms. The van der Waals surface area contributed by atoms with E-state index in [-0.39, 0.29) is 12.3 Å². The van der Waals surface area contributed by atoms with E-state index in [1.807, 2.05) is 94.6 Å². The fourth-order valence-electron chi connectivity index (χ4n) is 11.0. The van der Waals surface area contributed by atoms with E-state index >= 15 is 0 Å². The molecule has 0 saturated heterocycles. The van der Waals surface area contributed by atoms with Gasteiger partial charge in [-0.3, -0.25) is 9.78 Å². The van der Waals surface area contributed by atoms with Crippen LogP contribution in [-0.4, -0.2) is 118 Å². The second-order valence-electron chi connectivity index (χ2n) is 21.7. The number of nitrogens with zero attached hydrogens (tertiary/aromatic N) is 13. The van der Waals surface area contributed by atoms with Gasteiger partial charge in [-0.1, -0.05) is 133 Å². The largest absolute Gasteiger partial charge is 0.475 e. The summed E-state index contributed by atoms with van der Waals surface area (Å²) in [6, 6.07) is 53.0. The number of rotatable bonds is 26. The van der Waals surface area contributed by atoms with Crippen molar-refractivity contribution in [2.75, 3.05) is 68.7 Å². The Hall–Kier alpha value is -10.5. The number of anilines is 3. The van der Waals surface area contributed by atoms with Crippen molar-refractivity contribution in [1.82, 2.24) is 59.0 Å². The molecular formula is C71H61N15O4S3. The third-order valence-electron chi connectivity index (χ3n) is 15.6. The van der Waals surface area contributed by atoms with Crippen LogP contribution in [0.15, 0.2) is 200 Å². The number of amides is 1. The molecule has 0 aliphatic carbocycles. The highest BCUT2D eigenvalue weighted by molar-refractivity contribution is 7.23. The van der Waals surface area contributed by atoms with Gasteiger partial charge in [-0.05, 0) is 57.8 Å². The first kappa shape index (κ1) is 60.1. The first-order valence-electron chi connectivity index (χ1n) is 30.4. The molecule has 1 amide bonds. The van der Waals surface area contributed by atoms with Gasteiger partial charge in [0.2, 0.25) is 11.8 Å². The zero-order chi connectivity index (χ0) is 62.9. The van der Waals surface area contributed by atoms with Gasteiger partial charge in [0, 0.05) is 104 Å². The Bertz CT molecular complexity index is 4860. The van der Waals surface area contributed by atoms with Crippen LogP contribution in [0.25, 0.3) is 109 Å². The van der Waals surface area contributed by atoms with Crippen LogP contribution in [0.2, 0.25) is 0 Å². The third-order valence-corrected chi connectivity index (χ3v) is 18.6. The summed E-state index contributed by atoms with van der Waals surface area (Å²) in [4.78, 5) is 68.7. The molecule has 19 nitrogen and oxygen atoms in total. The summed E-state index contributed by atoms with van der Waals surface area (Å²) in [6.45, 7) is 3.35. The molecule has 462 valence electrons. The van der Waals surface area contributed by atoms with Gasteiger partial charge in [-0.2, -0.15) is 0 Å². The summed E-state index contributed by atoms with van der Waals surface area (Å²) >= 11 is 4.79. The maximum Gasteiger partial charge on any atom is 0.225 e. The number of ether oxygens (including phenoxy) is 3. The number of hydrogen-bond donors (Lipinski definition) is 2. The second kappa shape index (κ2) is 27.9. The minimum atomic E-state index is -0.164. The average Bonchev–Trinajstić information content (AvgIpc) is 1.63. The summed E-state index contributed by atoms with van der Waals surface area (Å²) in [5.41, 5.74) is 8.04. The molecule has 0 atom stereocenters. The van der Waals surface area contributed by atoms with E-state index in [1.165, 1.54) is 11.3 Å². The number of benzene rings is 4. The molecule has 10 heterocycles. The van der Waals surface area contributed by atoms with Crippen LogP contribution in [0, 0.1) is 0 Å². The number of carbonyl (C=O) groups is 1. The summed E-state index contributed by atoms with van der Waals surface area (Å²) in [5, 5.41) is 11.3. The Morgan fingerprint density at radius 1 is 0.559 bits per heavy atom. The number of fused-ring (bicyclic) bond motifs is 3. The number of thiophene rings is 3. The van der Waals surface area contributed by atoms with E-state index in [0.717, 1.165) is 85.2 Å². The maximum atomic E-state index is 13.2. The Kier molecular flexibility index (Phi) is 18.1. The first-order chi connectivity index (χ1) is 45.9. The van der Waals surface area contributed by atoms with Crippen LogP contribution in [0.4, 0.5) is 17.5 Å². The number of pyridine rings is 2. The van der Waals surface area contributed by atoms with Gasteiger partial charge < -0.3 is 38.9 Å². The Morgan fingerprint density at radius 3 is 1.87 bits per heavy atom. The van der Waals surface area contributed by atoms with Crippen LogP contribution < -0.4 is 20.3 Å². The Labute approximate surface area is 547 Å². The minimum Gasteiger partial charge on any atom is -0.475 e. The van der Waals surface area contributed by atoms with Gasteiger partial charge in [0.25, 0.3) is 0 Å². The first-order valence-corrected chi connectivity index (χ1v) is 32.9. The predicted molar refractivity (Wildman–Crippen MR) is 371 cm³/mol. The van der Waals surface area contributed by atoms with Crippen molar-refractivity contribution in [2.24, 2.45) is 7.05 Å². The molecule has 93 heavy (non-hydrogen) atoms. The normalized spacial score (nSPS) is 11.5. The van der Waals surface area contributed by atoms with E-state index in [1.54, 1.807) is 47.5 Å². The molecule has 0 aliphatic rings. The molecule has 4 aromatic carbocycles. The fourth-order valence-corrected chi connectivity index (χ4v) is 14.2. The topological polar surface area (TPSA) is 211 Å². The molecule has 0 bridgehead atoms. The molecular weight excluding hydrogens is 1220 g/mol. The van der Waals surface area contributed by atoms with Crippen molar-refractivity contribution >= 4 is 88.0 Å². The van der Waals surface area contributed by atoms with Gasteiger partial charge in [0.15, 0.2) is 29.1 Å². The quantitative estimate of drug-likeness (QED) is 0.0483. The molecule has 0 saturated carbocycles. The lowest BCUT2D eigenvalue weighted by atomic mass is 9.99. The smallest absolute Gasteiger partial charge is 0.225 e. The monoisotopic (exact) mass is 1280 g/mol. The highest BCUT2D eigenvalue weighted by atomic mass is 32.1. The van der Waals surface area contributed by atoms with Crippen molar-refractivity contribution in [3.05, 3.63) is 206 Å². The molecule has 0 fully saturated rings. The minimum absolute atomic E-state index is 0.164. The molecule has 0 spiro atoms. The zero-order valence-corrected chi connectivity index (χ0v) is 53.2. The third kappa shape index (κ3) is 13.3. The van der Waals surface area contributed by atoms with Crippen LogP contribution in [0.3, 0.4) is 0 Å². The number of aromatic nitrogens is 12. The number of imidazole rings is 2. The van der Waals surface area contributed by atoms with Crippen LogP contribution in [-0.2, 0) is 34.3 Å². The van der Waals surface area contributed by atoms with Crippen molar-refractivity contribution in [3.63, 3.8) is 0 Å². The number of aryl methyl sites for hydroxylation is 2. The Morgan fingerprint density at radius 2 is 1.19 bits per heavy atom. The molecule has 0 radical (unpaired) electrons. The summed E-state index contributed by atoms with van der Waals surface area (Å²) in [6.07, 6.45) is 11.6. The lowest BCUT2D eigenvalue weighted by Gasteiger charge is -2.21. The van der Waals surface area contributed by atoms with Crippen molar-refractivity contribution in [2.45, 2.75) is 19.4 Å². The number of likely N-dealkylation sites (N-methyl/N-ethyl adjacent to an activating group) is 1. The SMILES string of the molecule is CN(CCOCCn1ccnc1-c1nc(NCCOCCOc2ccc(CCC(=O)Nc3nc(-c4ccccn4)nc4sccc34)cn2)c2c(-c3ccccc3)c(-c3ccccc3)sc2n1)c1nc(-c2nccn2C)nc2sc(-c3ccccc3)c(-c3ccccc3)c12. The van der Waals surface area contributed by atoms with Crippen LogP contribution >= 0.6 is 34.0 Å². The van der Waals surface area contributed by atoms with E-state index in [0.29, 0.717) is 111 Å². The zero-order valence-electron chi connectivity index (χ0n) is 50.8. The van der Waals surface area contributed by atoms with Gasteiger partial charge in [-0.25, -0.2) is 44.9 Å². The summed E-state index contributed by atoms with van der Waals surface area (Å²) in [7, 11) is 4.02. The van der Waals surface area contributed by atoms with Gasteiger partial charge in [-0.15, -0.1) is 34.0 Å². The molecule has 14 rings (SSSR count). The lowest BCUT2D eigenvalue weighted by Crippen LogP contribution is -2.25. The summed E-state index contributed by atoms with van der Waals surface area (Å²) in [5.74, 6) is 5.06. The number of nitrogens with one attached hydrogen (secondary N) is 2. The van der Waals surface area contributed by atoms with E-state index in [9.17, 15) is 4.79 Å². The maximum absolute atomic E-state index is 13.2. The number of carbonyl (C=O) groups excluding carboxylic acids is 1. The Balaban J connectivity index is 0.632. The van der Waals surface area contributed by atoms with Crippen molar-refractivity contribution in [3.8, 4) is 83.8 Å². The van der Waals surface area contributed by atoms with Gasteiger partial charge in [0.1, 0.15) is 44.2 Å². The van der Waals surface area contributed by atoms with E-state index < -0.39 is 0 Å². The lowest BCUT2D eigenvalue weighted by molar-refractivity contribution is -0.116.